The number of rotatable bonds is 16. The maximum absolute atomic E-state index is 12.4. The third-order valence-electron chi connectivity index (χ3n) is 7.19. The van der Waals surface area contributed by atoms with Crippen LogP contribution in [0.4, 0.5) is 11.4 Å². The summed E-state index contributed by atoms with van der Waals surface area (Å²) in [4.78, 5) is 37.8. The number of unbranched alkanes of at least 4 members (excludes halogenated alkanes) is 3. The number of amides is 1. The van der Waals surface area contributed by atoms with Crippen LogP contribution < -0.4 is 9.64 Å². The van der Waals surface area contributed by atoms with E-state index in [0.29, 0.717) is 37.1 Å². The summed E-state index contributed by atoms with van der Waals surface area (Å²) in [6, 6.07) is 16.0. The van der Waals surface area contributed by atoms with E-state index >= 15 is 0 Å². The van der Waals surface area contributed by atoms with Crippen LogP contribution in [0.3, 0.4) is 0 Å². The number of anilines is 2. The van der Waals surface area contributed by atoms with E-state index in [1.165, 1.54) is 4.90 Å². The fourth-order valence-electron chi connectivity index (χ4n) is 4.93. The Hall–Kier alpha value is -3.55. The second-order valence-corrected chi connectivity index (χ2v) is 10.2. The van der Waals surface area contributed by atoms with Crippen molar-refractivity contribution >= 4 is 29.5 Å². The molecule has 40 heavy (non-hydrogen) atoms. The first-order valence-corrected chi connectivity index (χ1v) is 14.3. The van der Waals surface area contributed by atoms with Crippen molar-refractivity contribution in [3.8, 4) is 5.75 Å². The first kappa shape index (κ1) is 31.0. The molecule has 1 aliphatic carbocycles. The Morgan fingerprint density at radius 1 is 1.05 bits per heavy atom. The zero-order valence-corrected chi connectivity index (χ0v) is 23.2. The third-order valence-corrected chi connectivity index (χ3v) is 7.19. The molecule has 0 heterocycles. The van der Waals surface area contributed by atoms with Crippen LogP contribution in [0.5, 0.6) is 5.75 Å². The second kappa shape index (κ2) is 16.5. The standard InChI is InChI=1S/C33H41NO6/c1-2-3-7-14-27(36)19-22-30-29(31(37)23-32(30)38)15-10-4-5-11-16-33(39)40-28-20-17-26(18-21-28)34(24-35)25-12-8-6-9-13-25/h4,6,8-10,12-13,17-22,24,27,29-30,32,36,38H,2-3,5,7,11,14-16,23H2,1H3/t27?,29?,30-,32?/m1/s1. The van der Waals surface area contributed by atoms with Crippen LogP contribution in [0.1, 0.15) is 64.7 Å². The third kappa shape index (κ3) is 9.57. The van der Waals surface area contributed by atoms with Gasteiger partial charge in [-0.25, -0.2) is 0 Å². The molecule has 0 aliphatic heterocycles. The van der Waals surface area contributed by atoms with Crippen LogP contribution in [0, 0.1) is 11.8 Å². The molecule has 0 spiro atoms. The van der Waals surface area contributed by atoms with Crippen LogP contribution in [0.25, 0.3) is 0 Å². The molecule has 2 N–H and O–H groups in total. The zero-order valence-electron chi connectivity index (χ0n) is 23.2. The summed E-state index contributed by atoms with van der Waals surface area (Å²) in [7, 11) is 0. The van der Waals surface area contributed by atoms with E-state index in [4.69, 9.17) is 4.74 Å². The molecule has 214 valence electrons. The molecule has 3 unspecified atom stereocenters. The number of esters is 1. The molecule has 7 heteroatoms. The van der Waals surface area contributed by atoms with E-state index in [0.717, 1.165) is 31.4 Å². The summed E-state index contributed by atoms with van der Waals surface area (Å²) in [5, 5.41) is 20.5. The summed E-state index contributed by atoms with van der Waals surface area (Å²) < 4.78 is 5.42. The molecule has 0 radical (unpaired) electrons. The maximum Gasteiger partial charge on any atom is 0.311 e. The molecule has 1 saturated carbocycles. The van der Waals surface area contributed by atoms with E-state index in [-0.39, 0.29) is 36.4 Å². The number of benzene rings is 2. The quantitative estimate of drug-likeness (QED) is 0.0870. The summed E-state index contributed by atoms with van der Waals surface area (Å²) in [5.74, 6) is -0.466. The van der Waals surface area contributed by atoms with E-state index in [1.807, 2.05) is 48.6 Å². The van der Waals surface area contributed by atoms with Gasteiger partial charge in [-0.15, -0.1) is 0 Å². The average Bonchev–Trinajstić information content (AvgIpc) is 3.22. The van der Waals surface area contributed by atoms with Gasteiger partial charge in [0, 0.05) is 36.1 Å². The summed E-state index contributed by atoms with van der Waals surface area (Å²) in [6.07, 6.45) is 12.9. The topological polar surface area (TPSA) is 104 Å². The van der Waals surface area contributed by atoms with Gasteiger partial charge in [-0.1, -0.05) is 68.7 Å². The predicted octanol–water partition coefficient (Wildman–Crippen LogP) is 6.07. The number of hydrogen-bond acceptors (Lipinski definition) is 6. The van der Waals surface area contributed by atoms with E-state index in [1.54, 1.807) is 30.3 Å². The summed E-state index contributed by atoms with van der Waals surface area (Å²) in [6.45, 7) is 2.12. The highest BCUT2D eigenvalue weighted by Gasteiger charge is 2.39. The van der Waals surface area contributed by atoms with Crippen molar-refractivity contribution in [3.63, 3.8) is 0 Å². The normalized spacial score (nSPS) is 19.8. The number of carbonyl (C=O) groups excluding carboxylic acids is 3. The van der Waals surface area contributed by atoms with Crippen LogP contribution in [-0.2, 0) is 14.4 Å². The van der Waals surface area contributed by atoms with Gasteiger partial charge in [-0.05, 0) is 62.1 Å². The molecule has 0 bridgehead atoms. The van der Waals surface area contributed by atoms with Crippen LogP contribution in [0.2, 0.25) is 0 Å². The SMILES string of the molecule is CCCCCC(O)C=C[C@H]1C(O)CC(=O)C1CC=CCCCC(=O)Oc1ccc(N(C=O)c2ccccc2)cc1. The molecule has 2 aromatic rings. The molecule has 3 rings (SSSR count). The highest BCUT2D eigenvalue weighted by molar-refractivity contribution is 5.86. The summed E-state index contributed by atoms with van der Waals surface area (Å²) >= 11 is 0. The number of allylic oxidation sites excluding steroid dienone is 2. The Labute approximate surface area is 237 Å². The number of ether oxygens (including phenoxy) is 1. The van der Waals surface area contributed by atoms with Crippen molar-refractivity contribution in [1.82, 2.24) is 0 Å². The fourth-order valence-corrected chi connectivity index (χ4v) is 4.93. The van der Waals surface area contributed by atoms with Gasteiger partial charge in [0.15, 0.2) is 0 Å². The van der Waals surface area contributed by atoms with Crippen molar-refractivity contribution in [3.05, 3.63) is 78.9 Å². The monoisotopic (exact) mass is 547 g/mol. The van der Waals surface area contributed by atoms with Gasteiger partial charge in [0.05, 0.1) is 12.2 Å². The Morgan fingerprint density at radius 2 is 1.77 bits per heavy atom. The smallest absolute Gasteiger partial charge is 0.311 e. The van der Waals surface area contributed by atoms with Crippen molar-refractivity contribution in [2.45, 2.75) is 76.9 Å². The molecule has 0 aromatic heterocycles. The van der Waals surface area contributed by atoms with Gasteiger partial charge < -0.3 is 14.9 Å². The highest BCUT2D eigenvalue weighted by atomic mass is 16.5. The lowest BCUT2D eigenvalue weighted by Gasteiger charge is -2.17. The van der Waals surface area contributed by atoms with Crippen molar-refractivity contribution < 1.29 is 29.3 Å². The van der Waals surface area contributed by atoms with Crippen LogP contribution >= 0.6 is 0 Å². The molecular weight excluding hydrogens is 506 g/mol. The first-order chi connectivity index (χ1) is 19.4. The molecular formula is C33H41NO6. The second-order valence-electron chi connectivity index (χ2n) is 10.2. The lowest BCUT2D eigenvalue weighted by atomic mass is 9.90. The van der Waals surface area contributed by atoms with Gasteiger partial charge >= 0.3 is 5.97 Å². The van der Waals surface area contributed by atoms with E-state index in [2.05, 4.69) is 6.92 Å². The lowest BCUT2D eigenvalue weighted by molar-refractivity contribution is -0.134. The van der Waals surface area contributed by atoms with Crippen molar-refractivity contribution in [2.24, 2.45) is 11.8 Å². The Kier molecular flexibility index (Phi) is 12.8. The highest BCUT2D eigenvalue weighted by Crippen LogP contribution is 2.33. The molecule has 7 nitrogen and oxygen atoms in total. The lowest BCUT2D eigenvalue weighted by Crippen LogP contribution is -2.18. The fraction of sp³-hybridized carbons (Fsp3) is 0.424. The zero-order chi connectivity index (χ0) is 28.7. The number of aliphatic hydroxyl groups is 2. The number of para-hydroxylation sites is 1. The molecule has 1 amide bonds. The van der Waals surface area contributed by atoms with E-state index < -0.39 is 12.2 Å². The van der Waals surface area contributed by atoms with Crippen LogP contribution in [-0.4, -0.2) is 40.6 Å². The minimum atomic E-state index is -0.714. The van der Waals surface area contributed by atoms with Crippen molar-refractivity contribution in [1.29, 1.82) is 0 Å². The van der Waals surface area contributed by atoms with Gasteiger partial charge in [-0.2, -0.15) is 0 Å². The van der Waals surface area contributed by atoms with Gasteiger partial charge in [-0.3, -0.25) is 19.3 Å². The Balaban J connectivity index is 1.40. The van der Waals surface area contributed by atoms with Crippen molar-refractivity contribution in [2.75, 3.05) is 4.90 Å². The molecule has 4 atom stereocenters. The van der Waals surface area contributed by atoms with Crippen LogP contribution in [0.15, 0.2) is 78.9 Å². The summed E-state index contributed by atoms with van der Waals surface area (Å²) in [5.41, 5.74) is 1.41. The number of aliphatic hydroxyl groups excluding tert-OH is 2. The van der Waals surface area contributed by atoms with Gasteiger partial charge in [0.2, 0.25) is 6.41 Å². The first-order valence-electron chi connectivity index (χ1n) is 14.3. The number of ketones is 1. The molecule has 2 aromatic carbocycles. The number of carbonyl (C=O) groups is 3. The minimum Gasteiger partial charge on any atom is -0.427 e. The minimum absolute atomic E-state index is 0.0434. The van der Waals surface area contributed by atoms with Gasteiger partial charge in [0.25, 0.3) is 0 Å². The Bertz CT molecular complexity index is 1130. The molecule has 1 aliphatic rings. The average molecular weight is 548 g/mol. The molecule has 0 saturated heterocycles. The van der Waals surface area contributed by atoms with E-state index in [9.17, 15) is 24.6 Å². The number of hydrogen-bond donors (Lipinski definition) is 2. The maximum atomic E-state index is 12.4. The molecule has 1 fully saturated rings. The predicted molar refractivity (Wildman–Crippen MR) is 156 cm³/mol. The van der Waals surface area contributed by atoms with Gasteiger partial charge in [0.1, 0.15) is 11.5 Å². The number of Topliss-reactive ketones (excluding diaryl/α,β-unsaturated/α-hetero) is 1. The number of nitrogens with zero attached hydrogens (tertiary/aromatic N) is 1. The Morgan fingerprint density at radius 3 is 2.48 bits per heavy atom. The largest absolute Gasteiger partial charge is 0.427 e.